The number of guanidine groups is 1. The minimum Gasteiger partial charge on any atom is -0.379 e. The molecule has 2 fully saturated rings. The van der Waals surface area contributed by atoms with Crippen molar-refractivity contribution in [2.45, 2.75) is 63.6 Å². The molecule has 7 heteroatoms. The van der Waals surface area contributed by atoms with Gasteiger partial charge in [-0.3, -0.25) is 4.99 Å². The fourth-order valence-corrected chi connectivity index (χ4v) is 3.20. The maximum atomic E-state index is 5.98. The van der Waals surface area contributed by atoms with Gasteiger partial charge in [0.2, 0.25) is 0 Å². The highest BCUT2D eigenvalue weighted by Gasteiger charge is 2.15. The Morgan fingerprint density at radius 1 is 0.960 bits per heavy atom. The summed E-state index contributed by atoms with van der Waals surface area (Å²) in [5.74, 6) is 0.837. The fourth-order valence-electron chi connectivity index (χ4n) is 3.20. The largest absolute Gasteiger partial charge is 0.379 e. The second-order valence-corrected chi connectivity index (χ2v) is 6.62. The number of ether oxygens (including phenoxy) is 3. The van der Waals surface area contributed by atoms with Crippen molar-refractivity contribution in [2.75, 3.05) is 46.6 Å². The highest BCUT2D eigenvalue weighted by Crippen LogP contribution is 2.19. The summed E-state index contributed by atoms with van der Waals surface area (Å²) in [5, 5.41) is 6.63. The normalized spacial score (nSPS) is 22.3. The van der Waals surface area contributed by atoms with Gasteiger partial charge in [0.15, 0.2) is 5.96 Å². The molecule has 0 amide bonds. The van der Waals surface area contributed by atoms with Gasteiger partial charge in [-0.2, -0.15) is 0 Å². The standard InChI is InChI=1S/C18H35N3O3.HI/c1-19-18(20-10-6-12-23-17-9-13-22-15-17)21-11-14-24-16-7-4-2-3-5-8-16;/h16-17H,2-15H2,1H3,(H2,19,20,21);1H. The number of nitrogens with one attached hydrogen (secondary N) is 2. The van der Waals surface area contributed by atoms with Gasteiger partial charge in [0.05, 0.1) is 25.4 Å². The molecule has 1 aliphatic heterocycles. The Hall–Kier alpha value is -0.120. The number of rotatable bonds is 9. The van der Waals surface area contributed by atoms with Crippen molar-refractivity contribution in [3.05, 3.63) is 0 Å². The SMILES string of the molecule is CN=C(NCCCOC1CCOC1)NCCOC1CCCCCC1.I. The molecule has 0 aromatic heterocycles. The van der Waals surface area contributed by atoms with Crippen LogP contribution in [0.1, 0.15) is 51.4 Å². The summed E-state index contributed by atoms with van der Waals surface area (Å²) in [6, 6.07) is 0. The summed E-state index contributed by atoms with van der Waals surface area (Å²) in [7, 11) is 1.80. The first kappa shape index (κ1) is 22.9. The van der Waals surface area contributed by atoms with E-state index in [0.717, 1.165) is 58.3 Å². The van der Waals surface area contributed by atoms with Gasteiger partial charge in [-0.1, -0.05) is 25.7 Å². The molecule has 1 saturated carbocycles. The van der Waals surface area contributed by atoms with Crippen molar-refractivity contribution >= 4 is 29.9 Å². The van der Waals surface area contributed by atoms with Crippen LogP contribution in [0.2, 0.25) is 0 Å². The molecule has 2 aliphatic rings. The molecule has 1 heterocycles. The molecule has 2 rings (SSSR count). The Balaban J connectivity index is 0.00000312. The van der Waals surface area contributed by atoms with Crippen molar-refractivity contribution in [3.8, 4) is 0 Å². The van der Waals surface area contributed by atoms with Gasteiger partial charge in [0, 0.05) is 33.4 Å². The quantitative estimate of drug-likeness (QED) is 0.179. The summed E-state index contributed by atoms with van der Waals surface area (Å²) in [6.45, 7) is 4.75. The molecule has 0 spiro atoms. The first-order chi connectivity index (χ1) is 11.9. The smallest absolute Gasteiger partial charge is 0.191 e. The molecule has 25 heavy (non-hydrogen) atoms. The molecule has 6 nitrogen and oxygen atoms in total. The lowest BCUT2D eigenvalue weighted by molar-refractivity contribution is 0.0419. The molecule has 1 unspecified atom stereocenters. The lowest BCUT2D eigenvalue weighted by Crippen LogP contribution is -2.40. The van der Waals surface area contributed by atoms with Crippen LogP contribution >= 0.6 is 24.0 Å². The summed E-state index contributed by atoms with van der Waals surface area (Å²) in [4.78, 5) is 4.24. The van der Waals surface area contributed by atoms with E-state index in [2.05, 4.69) is 15.6 Å². The van der Waals surface area contributed by atoms with E-state index >= 15 is 0 Å². The number of hydrogen-bond donors (Lipinski definition) is 2. The van der Waals surface area contributed by atoms with Crippen LogP contribution in [0.5, 0.6) is 0 Å². The molecule has 0 radical (unpaired) electrons. The van der Waals surface area contributed by atoms with Crippen molar-refractivity contribution in [2.24, 2.45) is 4.99 Å². The first-order valence-corrected chi connectivity index (χ1v) is 9.64. The van der Waals surface area contributed by atoms with E-state index in [9.17, 15) is 0 Å². The number of hydrogen-bond acceptors (Lipinski definition) is 4. The third-order valence-electron chi connectivity index (χ3n) is 4.63. The van der Waals surface area contributed by atoms with Crippen LogP contribution in [0.3, 0.4) is 0 Å². The molecule has 2 N–H and O–H groups in total. The summed E-state index contributed by atoms with van der Waals surface area (Å²) < 4.78 is 17.0. The van der Waals surface area contributed by atoms with E-state index in [1.165, 1.54) is 38.5 Å². The molecule has 1 atom stereocenters. The van der Waals surface area contributed by atoms with E-state index in [1.54, 1.807) is 7.05 Å². The summed E-state index contributed by atoms with van der Waals surface area (Å²) in [5.41, 5.74) is 0. The van der Waals surface area contributed by atoms with Crippen LogP contribution in [0.25, 0.3) is 0 Å². The summed E-state index contributed by atoms with van der Waals surface area (Å²) >= 11 is 0. The zero-order valence-corrected chi connectivity index (χ0v) is 18.0. The van der Waals surface area contributed by atoms with E-state index < -0.39 is 0 Å². The van der Waals surface area contributed by atoms with E-state index in [1.807, 2.05) is 0 Å². The van der Waals surface area contributed by atoms with Crippen LogP contribution in [-0.2, 0) is 14.2 Å². The van der Waals surface area contributed by atoms with Gasteiger partial charge in [-0.05, 0) is 25.7 Å². The van der Waals surface area contributed by atoms with Crippen molar-refractivity contribution in [1.82, 2.24) is 10.6 Å². The minimum absolute atomic E-state index is 0. The predicted octanol–water partition coefficient (Wildman–Crippen LogP) is 2.70. The zero-order chi connectivity index (χ0) is 16.9. The van der Waals surface area contributed by atoms with Gasteiger partial charge in [0.25, 0.3) is 0 Å². The Kier molecular flexibility index (Phi) is 13.7. The molecule has 0 aromatic carbocycles. The number of aliphatic imine (C=N–C) groups is 1. The molecule has 1 aliphatic carbocycles. The van der Waals surface area contributed by atoms with Gasteiger partial charge < -0.3 is 24.8 Å². The third kappa shape index (κ3) is 10.6. The summed E-state index contributed by atoms with van der Waals surface area (Å²) in [6.07, 6.45) is 10.6. The van der Waals surface area contributed by atoms with Gasteiger partial charge in [-0.15, -0.1) is 24.0 Å². The Morgan fingerprint density at radius 2 is 1.68 bits per heavy atom. The Bertz CT molecular complexity index is 344. The molecule has 0 bridgehead atoms. The zero-order valence-electron chi connectivity index (χ0n) is 15.6. The van der Waals surface area contributed by atoms with Crippen molar-refractivity contribution < 1.29 is 14.2 Å². The van der Waals surface area contributed by atoms with Crippen LogP contribution in [-0.4, -0.2) is 64.7 Å². The van der Waals surface area contributed by atoms with Crippen LogP contribution in [0.15, 0.2) is 4.99 Å². The minimum atomic E-state index is 0. The van der Waals surface area contributed by atoms with E-state index in [4.69, 9.17) is 14.2 Å². The van der Waals surface area contributed by atoms with Crippen LogP contribution < -0.4 is 10.6 Å². The number of nitrogens with zero attached hydrogens (tertiary/aromatic N) is 1. The first-order valence-electron chi connectivity index (χ1n) is 9.64. The lowest BCUT2D eigenvalue weighted by atomic mass is 10.1. The maximum absolute atomic E-state index is 5.98. The molecule has 148 valence electrons. The topological polar surface area (TPSA) is 64.1 Å². The maximum Gasteiger partial charge on any atom is 0.191 e. The lowest BCUT2D eigenvalue weighted by Gasteiger charge is -2.17. The van der Waals surface area contributed by atoms with Crippen molar-refractivity contribution in [3.63, 3.8) is 0 Å². The second-order valence-electron chi connectivity index (χ2n) is 6.62. The fraction of sp³-hybridized carbons (Fsp3) is 0.944. The highest BCUT2D eigenvalue weighted by molar-refractivity contribution is 14.0. The molecular formula is C18H36IN3O3. The van der Waals surface area contributed by atoms with Gasteiger partial charge >= 0.3 is 0 Å². The van der Waals surface area contributed by atoms with Gasteiger partial charge in [-0.25, -0.2) is 0 Å². The monoisotopic (exact) mass is 469 g/mol. The average molecular weight is 469 g/mol. The molecular weight excluding hydrogens is 433 g/mol. The van der Waals surface area contributed by atoms with E-state index in [-0.39, 0.29) is 24.0 Å². The highest BCUT2D eigenvalue weighted by atomic mass is 127. The Morgan fingerprint density at radius 3 is 2.36 bits per heavy atom. The number of halogens is 1. The molecule has 0 aromatic rings. The second kappa shape index (κ2) is 15.0. The van der Waals surface area contributed by atoms with Crippen LogP contribution in [0.4, 0.5) is 0 Å². The van der Waals surface area contributed by atoms with Gasteiger partial charge in [0.1, 0.15) is 0 Å². The predicted molar refractivity (Wildman–Crippen MR) is 112 cm³/mol. The molecule has 1 saturated heterocycles. The average Bonchev–Trinajstić information content (AvgIpc) is 2.98. The Labute approximate surface area is 169 Å². The third-order valence-corrected chi connectivity index (χ3v) is 4.63. The van der Waals surface area contributed by atoms with Crippen LogP contribution in [0, 0.1) is 0 Å². The van der Waals surface area contributed by atoms with Crippen molar-refractivity contribution in [1.29, 1.82) is 0 Å². The van der Waals surface area contributed by atoms with E-state index in [0.29, 0.717) is 12.2 Å².